The predicted molar refractivity (Wildman–Crippen MR) is 410 cm³/mol. The van der Waals surface area contributed by atoms with Crippen LogP contribution in [0.4, 0.5) is 23.1 Å². The number of hydrogen-bond acceptors (Lipinski definition) is 20. The lowest BCUT2D eigenvalue weighted by atomic mass is 9.76. The number of anilines is 4. The Morgan fingerprint density at radius 1 is 0.524 bits per heavy atom. The number of fused-ring (bicyclic) bond motifs is 3. The van der Waals surface area contributed by atoms with Crippen LogP contribution in [0.1, 0.15) is 134 Å². The van der Waals surface area contributed by atoms with E-state index in [0.29, 0.717) is 24.0 Å². The van der Waals surface area contributed by atoms with Crippen molar-refractivity contribution in [3.05, 3.63) is 134 Å². The Bertz CT molecular complexity index is 4420. The second kappa shape index (κ2) is 30.9. The number of carbonyl (C=O) groups is 3. The highest BCUT2D eigenvalue weighted by molar-refractivity contribution is 7.11. The number of thiazole rings is 2. The number of likely N-dealkylation sites (tertiary alicyclic amines) is 3. The van der Waals surface area contributed by atoms with Gasteiger partial charge in [0.1, 0.15) is 11.2 Å². The van der Waals surface area contributed by atoms with Crippen LogP contribution < -0.4 is 36.8 Å². The number of nitrogens with zero attached hydrogens (tertiary/aromatic N) is 12. The van der Waals surface area contributed by atoms with Crippen molar-refractivity contribution in [3.8, 4) is 0 Å². The Morgan fingerprint density at radius 3 is 1.25 bits per heavy atom. The smallest absolute Gasteiger partial charge is 0.239 e. The van der Waals surface area contributed by atoms with Crippen molar-refractivity contribution < 1.29 is 29.7 Å². The van der Waals surface area contributed by atoms with Gasteiger partial charge in [0.25, 0.3) is 0 Å². The third kappa shape index (κ3) is 16.7. The lowest BCUT2D eigenvalue weighted by Crippen LogP contribution is -2.63. The molecule has 550 valence electrons. The maximum atomic E-state index is 12.6. The Labute approximate surface area is 612 Å². The lowest BCUT2D eigenvalue weighted by Gasteiger charge is -2.48. The number of benzene rings is 4. The van der Waals surface area contributed by atoms with Crippen LogP contribution in [0.25, 0.3) is 32.7 Å². The first kappa shape index (κ1) is 73.2. The monoisotopic (exact) mass is 1440 g/mol. The normalized spacial score (nSPS) is 23.6. The van der Waals surface area contributed by atoms with Crippen molar-refractivity contribution in [2.75, 3.05) is 93.8 Å². The van der Waals surface area contributed by atoms with E-state index in [9.17, 15) is 29.7 Å². The van der Waals surface area contributed by atoms with Crippen LogP contribution in [0, 0.1) is 20.8 Å². The molecule has 3 aliphatic heterocycles. The number of rotatable bonds is 20. The van der Waals surface area contributed by atoms with Gasteiger partial charge in [-0.3, -0.25) is 48.1 Å². The van der Waals surface area contributed by atoms with Gasteiger partial charge in [-0.15, -0.1) is 22.7 Å². The van der Waals surface area contributed by atoms with E-state index in [2.05, 4.69) is 178 Å². The van der Waals surface area contributed by atoms with E-state index in [0.717, 1.165) is 192 Å². The summed E-state index contributed by atoms with van der Waals surface area (Å²) in [5.41, 5.74) is 8.36. The van der Waals surface area contributed by atoms with Crippen molar-refractivity contribution in [2.24, 2.45) is 21.1 Å². The van der Waals surface area contributed by atoms with Crippen LogP contribution in [-0.4, -0.2) is 196 Å². The number of carbonyl (C=O) groups excluding carboxylic acids is 3. The van der Waals surface area contributed by atoms with Crippen molar-refractivity contribution in [1.82, 2.24) is 70.0 Å². The summed E-state index contributed by atoms with van der Waals surface area (Å²) in [7, 11) is 9.79. The highest BCUT2D eigenvalue weighted by atomic mass is 32.1. The van der Waals surface area contributed by atoms with Gasteiger partial charge in [-0.05, 0) is 152 Å². The lowest BCUT2D eigenvalue weighted by molar-refractivity contribution is -0.122. The molecule has 5 aromatic heterocycles. The predicted octanol–water partition coefficient (Wildman–Crippen LogP) is 8.88. The average Bonchev–Trinajstić information content (AvgIpc) is 1.31. The molecule has 0 unspecified atom stereocenters. The van der Waals surface area contributed by atoms with Crippen LogP contribution in [0.2, 0.25) is 0 Å². The molecule has 3 aliphatic carbocycles. The van der Waals surface area contributed by atoms with Gasteiger partial charge in [0.15, 0.2) is 17.5 Å². The fraction of sp³-hybridized carbons (Fsp3) is 0.532. The van der Waals surface area contributed by atoms with E-state index in [1.54, 1.807) is 23.0 Å². The Kier molecular flexibility index (Phi) is 22.0. The second-order valence-corrected chi connectivity index (χ2v) is 32.5. The molecule has 9 aromatic rings. The van der Waals surface area contributed by atoms with Gasteiger partial charge in [0.05, 0.1) is 80.2 Å². The molecule has 3 saturated heterocycles. The minimum atomic E-state index is -0.749. The Hall–Kier alpha value is -8.08. The summed E-state index contributed by atoms with van der Waals surface area (Å²) in [6, 6.07) is 28.9. The first-order chi connectivity index (χ1) is 49.3. The number of amides is 3. The topological polar surface area (TPSA) is 276 Å². The summed E-state index contributed by atoms with van der Waals surface area (Å²) in [6.07, 6.45) is 14.1. The summed E-state index contributed by atoms with van der Waals surface area (Å²) in [5.74, 6) is 2.59. The standard InChI is InChI=1S/C28H38N6O2.C26H36N6O2S.C23H30N6O2S/c1-19-8-9-25-24(14-19)27(31-33(25)4)29-16-26(35)30-21-17-34(18-21)22-10-12-28(36,13-11-22)20-6-5-7-23(15-20)32(2)3;1-16(2)25-28-12-22(35-25)26(34)9-7-19(8-10-26)32-14-18(15-32)29-23(33)13-27-24-20-11-17(3)5-6-21(20)31(4)30-24;1-15-3-4-19-18(9-15)22(27-28(19)2)25-11-21(30)26-16-12-29(13-16)17-5-7-23(31,8-6-17)20-10-24-14-32-20/h5-9,14-15,21-22,36H,10-13,16-18H2,1-4H3,(H,29,31)(H,30,35);5-6,11-12,16,18-19,34H,7-10,13-15H2,1-4H3,(H,27,30)(H,29,33);3-4,9-10,14,16-17,31H,5-8,11-13H2,1-2H3,(H,25,27)(H,26,30). The Morgan fingerprint density at radius 2 is 0.903 bits per heavy atom. The third-order valence-electron chi connectivity index (χ3n) is 22.3. The maximum Gasteiger partial charge on any atom is 0.239 e. The van der Waals surface area contributed by atoms with E-state index in [1.165, 1.54) is 28.0 Å². The maximum absolute atomic E-state index is 12.6. The van der Waals surface area contributed by atoms with Gasteiger partial charge in [0.2, 0.25) is 17.7 Å². The molecule has 0 bridgehead atoms. The fourth-order valence-corrected chi connectivity index (χ4v) is 17.8. The average molecular weight is 1440 g/mol. The molecular weight excluding hydrogens is 1340 g/mol. The molecule has 3 saturated carbocycles. The summed E-state index contributed by atoms with van der Waals surface area (Å²) < 4.78 is 5.50. The van der Waals surface area contributed by atoms with Gasteiger partial charge < -0.3 is 52.1 Å². The molecule has 3 amide bonds. The zero-order chi connectivity index (χ0) is 72.5. The highest BCUT2D eigenvalue weighted by Gasteiger charge is 2.44. The zero-order valence-corrected chi connectivity index (χ0v) is 63.0. The molecule has 0 atom stereocenters. The SMILES string of the molecule is Cc1ccc2c(c1)c(NCC(=O)NC1CN(C3CCC(O)(c4cccc(N(C)C)c4)CC3)C1)nn2C.Cc1ccc2c(c1)c(NCC(=O)NC1CN(C3CCC(O)(c4cnc(C(C)C)s4)CC3)C1)nn2C.Cc1ccc2c(c1)c(NCC(=O)NC1CN(C3CCC(O)(c4cncs4)CC3)C1)nn2C. The van der Waals surface area contributed by atoms with E-state index in [1.807, 2.05) is 67.6 Å². The van der Waals surface area contributed by atoms with E-state index in [4.69, 9.17) is 0 Å². The van der Waals surface area contributed by atoms with Gasteiger partial charge in [-0.25, -0.2) is 4.98 Å². The first-order valence-electron chi connectivity index (χ1n) is 36.8. The molecule has 6 aliphatic rings. The van der Waals surface area contributed by atoms with E-state index >= 15 is 0 Å². The molecule has 26 heteroatoms. The second-order valence-electron chi connectivity index (χ2n) is 30.5. The molecule has 15 rings (SSSR count). The molecular formula is C77H104N18O6S2. The number of aromatic nitrogens is 8. The van der Waals surface area contributed by atoms with Crippen molar-refractivity contribution >= 4 is 96.2 Å². The summed E-state index contributed by atoms with van der Waals surface area (Å²) >= 11 is 3.19. The van der Waals surface area contributed by atoms with Crippen LogP contribution >= 0.6 is 22.7 Å². The van der Waals surface area contributed by atoms with Crippen molar-refractivity contribution in [1.29, 1.82) is 0 Å². The number of hydrogen-bond donors (Lipinski definition) is 9. The minimum Gasteiger partial charge on any atom is -0.385 e. The minimum absolute atomic E-state index is 0.00900. The third-order valence-corrected chi connectivity index (χ3v) is 24.7. The van der Waals surface area contributed by atoms with Crippen LogP contribution in [0.5, 0.6) is 0 Å². The molecule has 4 aromatic carbocycles. The van der Waals surface area contributed by atoms with Crippen LogP contribution in [0.15, 0.2) is 96.8 Å². The quantitative estimate of drug-likeness (QED) is 0.0344. The van der Waals surface area contributed by atoms with E-state index < -0.39 is 16.8 Å². The highest BCUT2D eigenvalue weighted by Crippen LogP contribution is 2.45. The van der Waals surface area contributed by atoms with Gasteiger partial charge in [-0.2, -0.15) is 15.3 Å². The first-order valence-corrected chi connectivity index (χ1v) is 38.5. The van der Waals surface area contributed by atoms with Gasteiger partial charge >= 0.3 is 0 Å². The molecule has 0 radical (unpaired) electrons. The summed E-state index contributed by atoms with van der Waals surface area (Å²) in [6.45, 7) is 16.3. The largest absolute Gasteiger partial charge is 0.385 e. The van der Waals surface area contributed by atoms with Crippen molar-refractivity contribution in [2.45, 2.75) is 171 Å². The number of aryl methyl sites for hydroxylation is 6. The molecule has 103 heavy (non-hydrogen) atoms. The van der Waals surface area contributed by atoms with E-state index in [-0.39, 0.29) is 55.5 Å². The van der Waals surface area contributed by atoms with Crippen LogP contribution in [0.3, 0.4) is 0 Å². The molecule has 9 N–H and O–H groups in total. The van der Waals surface area contributed by atoms with Crippen LogP contribution in [-0.2, 0) is 52.3 Å². The molecule has 0 spiro atoms. The number of nitrogens with one attached hydrogen (secondary N) is 6. The summed E-state index contributed by atoms with van der Waals surface area (Å²) in [4.78, 5) is 57.6. The van der Waals surface area contributed by atoms with Gasteiger partial charge in [0, 0.05) is 133 Å². The molecule has 6 fully saturated rings. The van der Waals surface area contributed by atoms with Crippen molar-refractivity contribution in [3.63, 3.8) is 0 Å². The zero-order valence-electron chi connectivity index (χ0n) is 61.4. The van der Waals surface area contributed by atoms with Gasteiger partial charge in [-0.1, -0.05) is 60.9 Å². The molecule has 8 heterocycles. The molecule has 24 nitrogen and oxygen atoms in total. The summed E-state index contributed by atoms with van der Waals surface area (Å²) in [5, 5.41) is 70.3. The fourth-order valence-electron chi connectivity index (χ4n) is 16.0. The Balaban J connectivity index is 0.000000138. The number of aliphatic hydroxyl groups is 3.